The van der Waals surface area contributed by atoms with Crippen molar-refractivity contribution in [2.45, 2.75) is 38.5 Å². The van der Waals surface area contributed by atoms with Crippen LogP contribution < -0.4 is 10.6 Å². The number of hydrogen-bond acceptors (Lipinski definition) is 6. The summed E-state index contributed by atoms with van der Waals surface area (Å²) in [4.78, 5) is 40.5. The molecule has 2 aromatic carbocycles. The molecule has 0 bridgehead atoms. The van der Waals surface area contributed by atoms with Crippen LogP contribution in [0, 0.1) is 0 Å². The fraction of sp³-hybridized carbons (Fsp3) is 0.400. The molecular formula is C25H28N4O4. The Bertz CT molecular complexity index is 1280. The summed E-state index contributed by atoms with van der Waals surface area (Å²) in [5, 5.41) is 5.53. The quantitative estimate of drug-likeness (QED) is 0.651. The third-order valence-corrected chi connectivity index (χ3v) is 6.25. The number of carbonyl (C=O) groups excluding carboxylic acids is 3. The second-order valence-corrected chi connectivity index (χ2v) is 8.43. The van der Waals surface area contributed by atoms with E-state index in [1.807, 2.05) is 0 Å². The lowest BCUT2D eigenvalue weighted by Crippen LogP contribution is -2.52. The zero-order chi connectivity index (χ0) is 26.3. The number of ether oxygens (including phenoxy) is 1. The van der Waals surface area contributed by atoms with E-state index in [1.165, 1.54) is 4.90 Å². The predicted molar refractivity (Wildman–Crippen MR) is 122 cm³/mol. The van der Waals surface area contributed by atoms with Gasteiger partial charge in [0.15, 0.2) is 0 Å². The zero-order valence-electron chi connectivity index (χ0n) is 22.2. The Hall–Kier alpha value is -3.23. The number of morpholine rings is 1. The molecule has 0 aromatic heterocycles. The number of imide groups is 1. The highest BCUT2D eigenvalue weighted by atomic mass is 16.5. The summed E-state index contributed by atoms with van der Waals surface area (Å²) in [6.45, 7) is 3.12. The molecule has 3 amide bonds. The SMILES string of the molecule is [2H]c1c([2H])c(CNc2cccc3c2CN(C2CCC(=O)NC2=O)C3=O)c([2H])c(CN2CCOCC2)c1[2H]. The monoisotopic (exact) mass is 452 g/mol. The normalized spacial score (nSPS) is 22.8. The van der Waals surface area contributed by atoms with E-state index in [2.05, 4.69) is 15.5 Å². The van der Waals surface area contributed by atoms with Gasteiger partial charge in [0.05, 0.1) is 18.7 Å². The molecular weight excluding hydrogens is 420 g/mol. The van der Waals surface area contributed by atoms with E-state index < -0.39 is 11.9 Å². The molecule has 2 N–H and O–H groups in total. The van der Waals surface area contributed by atoms with Crippen molar-refractivity contribution in [1.29, 1.82) is 0 Å². The van der Waals surface area contributed by atoms with Crippen molar-refractivity contribution >= 4 is 23.4 Å². The van der Waals surface area contributed by atoms with Gasteiger partial charge in [0.1, 0.15) is 6.04 Å². The van der Waals surface area contributed by atoms with Gasteiger partial charge in [-0.3, -0.25) is 24.6 Å². The number of carbonyl (C=O) groups is 3. The van der Waals surface area contributed by atoms with Crippen LogP contribution in [0.2, 0.25) is 0 Å². The van der Waals surface area contributed by atoms with Crippen molar-refractivity contribution in [3.8, 4) is 0 Å². The van der Waals surface area contributed by atoms with E-state index in [4.69, 9.17) is 10.2 Å². The summed E-state index contributed by atoms with van der Waals surface area (Å²) in [7, 11) is 0. The summed E-state index contributed by atoms with van der Waals surface area (Å²) in [6, 6.07) is 4.08. The Labute approximate surface area is 198 Å². The van der Waals surface area contributed by atoms with Crippen LogP contribution in [-0.2, 0) is 34.0 Å². The second-order valence-electron chi connectivity index (χ2n) is 8.43. The van der Waals surface area contributed by atoms with Crippen molar-refractivity contribution in [3.05, 3.63) is 64.6 Å². The molecule has 3 aliphatic heterocycles. The van der Waals surface area contributed by atoms with Crippen molar-refractivity contribution in [2.75, 3.05) is 31.6 Å². The van der Waals surface area contributed by atoms with E-state index in [1.54, 1.807) is 18.2 Å². The van der Waals surface area contributed by atoms with Crippen LogP contribution in [0.25, 0.3) is 0 Å². The van der Waals surface area contributed by atoms with Crippen LogP contribution in [0.3, 0.4) is 0 Å². The Balaban J connectivity index is 1.38. The molecule has 8 nitrogen and oxygen atoms in total. The number of nitrogens with zero attached hydrogens (tertiary/aromatic N) is 2. The second kappa shape index (κ2) is 9.33. The molecule has 2 fully saturated rings. The van der Waals surface area contributed by atoms with Gasteiger partial charge in [0.2, 0.25) is 11.8 Å². The van der Waals surface area contributed by atoms with Crippen LogP contribution in [0.5, 0.6) is 0 Å². The first kappa shape index (κ1) is 17.3. The van der Waals surface area contributed by atoms with Gasteiger partial charge in [-0.25, -0.2) is 0 Å². The summed E-state index contributed by atoms with van der Waals surface area (Å²) >= 11 is 0. The van der Waals surface area contributed by atoms with Gasteiger partial charge < -0.3 is 15.0 Å². The van der Waals surface area contributed by atoms with Gasteiger partial charge >= 0.3 is 0 Å². The highest BCUT2D eigenvalue weighted by Gasteiger charge is 2.39. The average Bonchev–Trinajstić information content (AvgIpc) is 3.23. The van der Waals surface area contributed by atoms with Crippen molar-refractivity contribution in [2.24, 2.45) is 0 Å². The molecule has 0 aliphatic carbocycles. The largest absolute Gasteiger partial charge is 0.381 e. The van der Waals surface area contributed by atoms with Gasteiger partial charge in [0, 0.05) is 56.0 Å². The first-order valence-corrected chi connectivity index (χ1v) is 11.1. The van der Waals surface area contributed by atoms with Crippen molar-refractivity contribution in [1.82, 2.24) is 15.1 Å². The molecule has 2 saturated heterocycles. The standard InChI is InChI=1S/C25H28N4O4/c30-23-8-7-22(24(31)27-23)29-16-20-19(25(29)32)5-2-6-21(20)26-14-17-3-1-4-18(13-17)15-28-9-11-33-12-10-28/h1-6,13,22,26H,7-12,14-16H2,(H,27,30,31)/i1D,3D,4D,13D. The van der Waals surface area contributed by atoms with Crippen LogP contribution in [0.15, 0.2) is 42.4 Å². The van der Waals surface area contributed by atoms with Gasteiger partial charge in [0.25, 0.3) is 5.91 Å². The molecule has 0 spiro atoms. The van der Waals surface area contributed by atoms with Gasteiger partial charge in [-0.2, -0.15) is 0 Å². The molecule has 172 valence electrons. The van der Waals surface area contributed by atoms with Gasteiger partial charge in [-0.1, -0.05) is 30.2 Å². The minimum atomic E-state index is -0.719. The number of benzene rings is 2. The number of piperidine rings is 1. The lowest BCUT2D eigenvalue weighted by atomic mass is 10.0. The lowest BCUT2D eigenvalue weighted by molar-refractivity contribution is -0.136. The van der Waals surface area contributed by atoms with E-state index in [-0.39, 0.29) is 61.9 Å². The average molecular weight is 453 g/mol. The topological polar surface area (TPSA) is 91.0 Å². The zero-order valence-corrected chi connectivity index (χ0v) is 18.2. The summed E-state index contributed by atoms with van der Waals surface area (Å²) in [6.07, 6.45) is 0.448. The highest BCUT2D eigenvalue weighted by molar-refractivity contribution is 6.06. The smallest absolute Gasteiger partial charge is 0.255 e. The highest BCUT2D eigenvalue weighted by Crippen LogP contribution is 2.32. The third kappa shape index (κ3) is 4.62. The lowest BCUT2D eigenvalue weighted by Gasteiger charge is -2.29. The van der Waals surface area contributed by atoms with Gasteiger partial charge in [-0.15, -0.1) is 0 Å². The summed E-state index contributed by atoms with van der Waals surface area (Å²) < 4.78 is 39.2. The number of rotatable bonds is 6. The molecule has 0 saturated carbocycles. The Morgan fingerprint density at radius 2 is 1.97 bits per heavy atom. The number of anilines is 1. The van der Waals surface area contributed by atoms with Crippen LogP contribution in [-0.4, -0.2) is 59.9 Å². The summed E-state index contributed by atoms with van der Waals surface area (Å²) in [5.41, 5.74) is 2.52. The Kier molecular flexibility index (Phi) is 4.88. The number of nitrogens with one attached hydrogen (secondary N) is 2. The van der Waals surface area contributed by atoms with Crippen LogP contribution in [0.1, 0.15) is 45.4 Å². The predicted octanol–water partition coefficient (Wildman–Crippen LogP) is 1.89. The molecule has 3 aliphatic rings. The number of fused-ring (bicyclic) bond motifs is 1. The van der Waals surface area contributed by atoms with E-state index >= 15 is 0 Å². The van der Waals surface area contributed by atoms with Crippen molar-refractivity contribution in [3.63, 3.8) is 0 Å². The molecule has 2 aromatic rings. The molecule has 33 heavy (non-hydrogen) atoms. The minimum Gasteiger partial charge on any atom is -0.381 e. The third-order valence-electron chi connectivity index (χ3n) is 6.25. The molecule has 5 rings (SSSR count). The first-order chi connectivity index (χ1) is 17.8. The molecule has 1 atom stereocenters. The van der Waals surface area contributed by atoms with E-state index in [0.717, 1.165) is 0 Å². The first-order valence-electron chi connectivity index (χ1n) is 13.1. The molecule has 0 radical (unpaired) electrons. The molecule has 8 heteroatoms. The van der Waals surface area contributed by atoms with E-state index in [9.17, 15) is 14.4 Å². The molecule has 3 heterocycles. The van der Waals surface area contributed by atoms with Crippen LogP contribution >= 0.6 is 0 Å². The number of hydrogen-bond donors (Lipinski definition) is 2. The fourth-order valence-electron chi connectivity index (χ4n) is 4.51. The maximum Gasteiger partial charge on any atom is 0.255 e. The fourth-order valence-corrected chi connectivity index (χ4v) is 4.51. The summed E-state index contributed by atoms with van der Waals surface area (Å²) in [5.74, 6) is -1.10. The minimum absolute atomic E-state index is 0.0683. The van der Waals surface area contributed by atoms with Crippen LogP contribution in [0.4, 0.5) is 5.69 Å². The van der Waals surface area contributed by atoms with Crippen molar-refractivity contribution < 1.29 is 24.6 Å². The maximum absolute atomic E-state index is 13.1. The Morgan fingerprint density at radius 1 is 1.15 bits per heavy atom. The Morgan fingerprint density at radius 3 is 2.79 bits per heavy atom. The number of amides is 3. The maximum atomic E-state index is 13.1. The van der Waals surface area contributed by atoms with E-state index in [0.29, 0.717) is 60.8 Å². The van der Waals surface area contributed by atoms with Gasteiger partial charge in [-0.05, 0) is 29.7 Å². The molecule has 1 unspecified atom stereocenters.